The highest BCUT2D eigenvalue weighted by atomic mass is 32.2. The summed E-state index contributed by atoms with van der Waals surface area (Å²) in [5.41, 5.74) is 5.96. The molecule has 3 aromatic carbocycles. The number of aliphatic hydroxyl groups excluding tert-OH is 1. The average molecular weight is 1150 g/mol. The van der Waals surface area contributed by atoms with E-state index in [0.717, 1.165) is 34.2 Å². The Bertz CT molecular complexity index is 3750. The minimum absolute atomic E-state index is 0.0198. The number of carbonyl (C=O) groups is 4. The lowest BCUT2D eigenvalue weighted by atomic mass is 9.85. The molecule has 0 saturated carbocycles. The van der Waals surface area contributed by atoms with Gasteiger partial charge in [0.05, 0.1) is 59.5 Å². The fourth-order valence-electron chi connectivity index (χ4n) is 10.1. The Morgan fingerprint density at radius 2 is 1.75 bits per heavy atom. The van der Waals surface area contributed by atoms with Crippen molar-refractivity contribution in [2.45, 2.75) is 77.6 Å². The number of aliphatic hydroxyl groups is 1. The van der Waals surface area contributed by atoms with Gasteiger partial charge in [0.2, 0.25) is 17.7 Å². The van der Waals surface area contributed by atoms with Gasteiger partial charge in [0.25, 0.3) is 11.5 Å². The molecule has 426 valence electrons. The Kier molecular flexibility index (Phi) is 16.8. The zero-order chi connectivity index (χ0) is 58.1. The van der Waals surface area contributed by atoms with Crippen LogP contribution in [0.5, 0.6) is 11.5 Å². The van der Waals surface area contributed by atoms with Crippen LogP contribution in [0, 0.1) is 24.0 Å². The second-order valence-corrected chi connectivity index (χ2v) is 24.3. The number of aromatic nitrogens is 4. The van der Waals surface area contributed by atoms with Crippen LogP contribution in [0.3, 0.4) is 0 Å². The summed E-state index contributed by atoms with van der Waals surface area (Å²) < 4.78 is 68.5. The summed E-state index contributed by atoms with van der Waals surface area (Å²) in [6.45, 7) is 6.70. The molecular weight excluding hydrogens is 1090 g/mol. The molecule has 81 heavy (non-hydrogen) atoms. The number of rotatable bonds is 19. The summed E-state index contributed by atoms with van der Waals surface area (Å²) in [4.78, 5) is 83.5. The van der Waals surface area contributed by atoms with Crippen LogP contribution in [0.4, 0.5) is 20.3 Å². The number of β-amino-alcohol motifs (C(OH)–C–C–N with tert-alkyl or cyclic N) is 1. The highest BCUT2D eigenvalue weighted by Crippen LogP contribution is 2.45. The van der Waals surface area contributed by atoms with E-state index >= 15 is 4.39 Å². The van der Waals surface area contributed by atoms with Gasteiger partial charge in [-0.2, -0.15) is 0 Å². The Balaban J connectivity index is 0.802. The molecule has 4 aromatic heterocycles. The van der Waals surface area contributed by atoms with E-state index in [1.165, 1.54) is 38.6 Å². The molecule has 9 rings (SSSR count). The van der Waals surface area contributed by atoms with Crippen LogP contribution >= 0.6 is 11.3 Å². The molecular formula is C57H61F2N9O11S2. The van der Waals surface area contributed by atoms with Crippen LogP contribution in [0.1, 0.15) is 65.5 Å². The number of aromatic hydroxyl groups is 1. The van der Waals surface area contributed by atoms with Gasteiger partial charge in [-0.05, 0) is 70.8 Å². The van der Waals surface area contributed by atoms with Crippen LogP contribution < -0.4 is 31.1 Å². The quantitative estimate of drug-likeness (QED) is 0.0530. The van der Waals surface area contributed by atoms with Gasteiger partial charge >= 0.3 is 0 Å². The van der Waals surface area contributed by atoms with Crippen LogP contribution in [0.2, 0.25) is 0 Å². The number of nitrogens with zero attached hydrogens (tertiary/aromatic N) is 5. The smallest absolute Gasteiger partial charge is 0.274 e. The van der Waals surface area contributed by atoms with Crippen molar-refractivity contribution in [1.82, 2.24) is 40.4 Å². The lowest BCUT2D eigenvalue weighted by Gasteiger charge is -2.35. The zero-order valence-corrected chi connectivity index (χ0v) is 46.9. The average Bonchev–Trinajstić information content (AvgIpc) is 3.67. The van der Waals surface area contributed by atoms with E-state index in [1.807, 2.05) is 31.2 Å². The minimum atomic E-state index is -3.76. The van der Waals surface area contributed by atoms with Gasteiger partial charge in [-0.25, -0.2) is 27.2 Å². The molecule has 2 aliphatic rings. The van der Waals surface area contributed by atoms with Crippen molar-refractivity contribution in [2.24, 2.45) is 12.5 Å². The molecule has 24 heteroatoms. The number of halogens is 2. The molecule has 20 nitrogen and oxygen atoms in total. The first-order chi connectivity index (χ1) is 38.4. The number of sulfone groups is 1. The maximum absolute atomic E-state index is 15.6. The van der Waals surface area contributed by atoms with E-state index < -0.39 is 81.1 Å². The number of H-pyrrole nitrogens is 1. The van der Waals surface area contributed by atoms with Crippen molar-refractivity contribution in [1.29, 1.82) is 0 Å². The van der Waals surface area contributed by atoms with Gasteiger partial charge in [-0.1, -0.05) is 45.0 Å². The Morgan fingerprint density at radius 3 is 2.46 bits per heavy atom. The number of fused-ring (bicyclic) bond motifs is 2. The Hall–Kier alpha value is -8.06. The highest BCUT2D eigenvalue weighted by molar-refractivity contribution is 7.89. The van der Waals surface area contributed by atoms with Crippen molar-refractivity contribution in [3.63, 3.8) is 0 Å². The number of thiazole rings is 1. The molecule has 4 amide bonds. The number of pyridine rings is 2. The van der Waals surface area contributed by atoms with Crippen LogP contribution in [0.15, 0.2) is 89.6 Å². The van der Waals surface area contributed by atoms with Gasteiger partial charge in [-0.15, -0.1) is 11.3 Å². The van der Waals surface area contributed by atoms with Crippen LogP contribution in [-0.4, -0.2) is 124 Å². The van der Waals surface area contributed by atoms with Gasteiger partial charge in [0, 0.05) is 79.4 Å². The lowest BCUT2D eigenvalue weighted by Crippen LogP contribution is -2.58. The summed E-state index contributed by atoms with van der Waals surface area (Å²) in [5, 5.41) is 30.2. The van der Waals surface area contributed by atoms with E-state index in [4.69, 9.17) is 9.47 Å². The largest absolute Gasteiger partial charge is 0.508 e. The molecule has 1 saturated heterocycles. The van der Waals surface area contributed by atoms with Gasteiger partial charge in [0.15, 0.2) is 21.5 Å². The third-order valence-corrected chi connectivity index (χ3v) is 15.8. The van der Waals surface area contributed by atoms with Gasteiger partial charge < -0.3 is 55.0 Å². The van der Waals surface area contributed by atoms with E-state index in [9.17, 15) is 47.0 Å². The molecule has 0 bridgehead atoms. The normalized spacial score (nSPS) is 15.5. The number of phenolic OH excluding ortho intramolecular Hbond substituents is 1. The molecule has 3 unspecified atom stereocenters. The predicted molar refractivity (Wildman–Crippen MR) is 300 cm³/mol. The molecule has 6 N–H and O–H groups in total. The lowest BCUT2D eigenvalue weighted by molar-refractivity contribution is -0.144. The molecule has 3 atom stereocenters. The number of hydrogen-bond acceptors (Lipinski definition) is 15. The second-order valence-electron chi connectivity index (χ2n) is 21.4. The van der Waals surface area contributed by atoms with Gasteiger partial charge in [-0.3, -0.25) is 24.0 Å². The maximum atomic E-state index is 15.6. The molecule has 7 aromatic rings. The molecule has 0 aliphatic carbocycles. The van der Waals surface area contributed by atoms with E-state index in [0.29, 0.717) is 33.7 Å². The predicted octanol–water partition coefficient (Wildman–Crippen LogP) is 5.72. The summed E-state index contributed by atoms with van der Waals surface area (Å²) in [6, 6.07) is 13.8. The van der Waals surface area contributed by atoms with E-state index in [1.54, 1.807) is 63.1 Å². The first-order valence-electron chi connectivity index (χ1n) is 25.9. The molecule has 6 heterocycles. The fourth-order valence-corrected chi connectivity index (χ4v) is 11.8. The number of aromatic amines is 1. The summed E-state index contributed by atoms with van der Waals surface area (Å²) in [7, 11) is -2.21. The summed E-state index contributed by atoms with van der Waals surface area (Å²) in [5.74, 6) is -4.90. The van der Waals surface area contributed by atoms with Crippen LogP contribution in [0.25, 0.3) is 32.5 Å². The Morgan fingerprint density at radius 1 is 0.988 bits per heavy atom. The van der Waals surface area contributed by atoms with Crippen molar-refractivity contribution < 1.29 is 56.1 Å². The van der Waals surface area contributed by atoms with Crippen molar-refractivity contribution in [3.05, 3.63) is 140 Å². The van der Waals surface area contributed by atoms with E-state index in [-0.39, 0.29) is 97.4 Å². The number of ether oxygens (including phenoxy) is 2. The zero-order valence-electron chi connectivity index (χ0n) is 45.3. The molecule has 0 radical (unpaired) electrons. The fraction of sp³-hybridized carbons (Fsp3) is 0.351. The standard InChI is InChI=1S/C57H61F2N9O11S2/c1-31-50(80-30-64-31)34-9-7-32(8-10-34)22-63-54(73)46-20-39(70)26-68(46)56(75)51(57(2,3)4)65-47(71)28-78-13-11-33-15-38(69)19-40(16-33)79-14-12-60-53(72)41-21-45-42(17-35(41)29-81(6,76)77)43-27-66(5)55(74)49-48(43)36(23-61-49)25-67(45)52-44(59)18-37(58)24-62-52/h7-10,15-19,21,23-24,27,30,39,46,51,61,69-70H,11-14,20,22,25-26,28-29H2,1-6H3,(H,60,72)(H,63,73)(H,65,71). The SMILES string of the molecule is Cc1ncsc1-c1ccc(CNC(=O)C2CC(O)CN2C(=O)C(NC(=O)COCCc2cc(O)cc(OCCNC(=O)c3cc4c(cc3CS(C)(=O)=O)-c3cn(C)c(=O)c5[nH]cc(c35)CN4c3ncc(F)cc3F)c2)C(C)(C)C)cc1. The maximum Gasteiger partial charge on any atom is 0.274 e. The number of anilines is 2. The van der Waals surface area contributed by atoms with Crippen molar-refractivity contribution in [2.75, 3.05) is 44.1 Å². The van der Waals surface area contributed by atoms with Crippen molar-refractivity contribution in [3.8, 4) is 33.1 Å². The Labute approximate surface area is 469 Å². The first-order valence-corrected chi connectivity index (χ1v) is 28.9. The van der Waals surface area contributed by atoms with E-state index in [2.05, 4.69) is 30.9 Å². The number of likely N-dealkylation sites (tertiary alicyclic amines) is 1. The van der Waals surface area contributed by atoms with Crippen LogP contribution in [-0.2, 0) is 61.3 Å². The third kappa shape index (κ3) is 13.1. The highest BCUT2D eigenvalue weighted by Gasteiger charge is 2.44. The monoisotopic (exact) mass is 1150 g/mol. The molecule has 0 spiro atoms. The summed E-state index contributed by atoms with van der Waals surface area (Å²) in [6.07, 6.45) is 4.35. The minimum Gasteiger partial charge on any atom is -0.508 e. The molecule has 1 fully saturated rings. The van der Waals surface area contributed by atoms with Crippen molar-refractivity contribution >= 4 is 67.2 Å². The molecule has 2 aliphatic heterocycles. The first kappa shape index (κ1) is 57.6. The number of carbonyl (C=O) groups excluding carboxylic acids is 4. The number of amides is 4. The summed E-state index contributed by atoms with van der Waals surface area (Å²) >= 11 is 1.54. The number of hydrogen-bond donors (Lipinski definition) is 6. The second kappa shape index (κ2) is 23.6. The number of aryl methyl sites for hydroxylation is 2. The topological polar surface area (TPSA) is 267 Å². The number of benzene rings is 3. The number of phenols is 1. The van der Waals surface area contributed by atoms with Gasteiger partial charge in [0.1, 0.15) is 48.1 Å². The number of nitrogens with one attached hydrogen (secondary N) is 4. The third-order valence-electron chi connectivity index (χ3n) is 14.0.